The Morgan fingerprint density at radius 2 is 1.72 bits per heavy atom. The van der Waals surface area contributed by atoms with E-state index in [-0.39, 0.29) is 5.91 Å². The van der Waals surface area contributed by atoms with Crippen LogP contribution < -0.4 is 10.2 Å². The van der Waals surface area contributed by atoms with Crippen molar-refractivity contribution in [2.45, 2.75) is 52.0 Å². The van der Waals surface area contributed by atoms with E-state index in [1.807, 2.05) is 36.4 Å². The van der Waals surface area contributed by atoms with Crippen LogP contribution in [0.5, 0.6) is 0 Å². The van der Waals surface area contributed by atoms with Crippen LogP contribution in [-0.2, 0) is 0 Å². The van der Waals surface area contributed by atoms with Crippen molar-refractivity contribution in [1.29, 1.82) is 0 Å². The van der Waals surface area contributed by atoms with Crippen molar-refractivity contribution >= 4 is 17.3 Å². The number of carbonyl (C=O) groups is 1. The van der Waals surface area contributed by atoms with Crippen LogP contribution in [0.4, 0.5) is 11.4 Å². The average molecular weight is 336 g/mol. The first kappa shape index (κ1) is 17.5. The summed E-state index contributed by atoms with van der Waals surface area (Å²) in [5.41, 5.74) is 4.02. The van der Waals surface area contributed by atoms with Crippen molar-refractivity contribution in [1.82, 2.24) is 0 Å². The van der Waals surface area contributed by atoms with E-state index in [0.717, 1.165) is 12.2 Å². The maximum atomic E-state index is 12.4. The highest BCUT2D eigenvalue weighted by atomic mass is 16.1. The van der Waals surface area contributed by atoms with Gasteiger partial charge in [0.15, 0.2) is 0 Å². The van der Waals surface area contributed by atoms with Crippen LogP contribution in [0.25, 0.3) is 0 Å². The lowest BCUT2D eigenvalue weighted by Crippen LogP contribution is -2.37. The molecule has 132 valence electrons. The Morgan fingerprint density at radius 3 is 2.32 bits per heavy atom. The fourth-order valence-corrected chi connectivity index (χ4v) is 3.44. The van der Waals surface area contributed by atoms with Crippen molar-refractivity contribution < 1.29 is 4.79 Å². The molecule has 3 rings (SSSR count). The van der Waals surface area contributed by atoms with Crippen LogP contribution in [0.3, 0.4) is 0 Å². The zero-order chi connectivity index (χ0) is 17.8. The lowest BCUT2D eigenvalue weighted by atomic mass is 10.0. The molecule has 1 saturated heterocycles. The molecule has 0 bridgehead atoms. The zero-order valence-corrected chi connectivity index (χ0v) is 15.5. The maximum absolute atomic E-state index is 12.4. The highest BCUT2D eigenvalue weighted by Gasteiger charge is 2.18. The van der Waals surface area contributed by atoms with Gasteiger partial charge in [-0.15, -0.1) is 0 Å². The summed E-state index contributed by atoms with van der Waals surface area (Å²) in [6, 6.07) is 16.7. The van der Waals surface area contributed by atoms with Gasteiger partial charge in [-0.1, -0.05) is 26.0 Å². The van der Waals surface area contributed by atoms with Gasteiger partial charge in [-0.2, -0.15) is 0 Å². The smallest absolute Gasteiger partial charge is 0.255 e. The summed E-state index contributed by atoms with van der Waals surface area (Å²) in [7, 11) is 0. The molecule has 1 N–H and O–H groups in total. The number of rotatable bonds is 4. The minimum atomic E-state index is -0.0607. The van der Waals surface area contributed by atoms with Crippen LogP contribution in [0, 0.1) is 0 Å². The number of hydrogen-bond acceptors (Lipinski definition) is 2. The third kappa shape index (κ3) is 4.22. The van der Waals surface area contributed by atoms with Gasteiger partial charge in [-0.05, 0) is 74.1 Å². The van der Waals surface area contributed by atoms with E-state index in [1.165, 1.54) is 30.5 Å². The van der Waals surface area contributed by atoms with E-state index in [1.54, 1.807) is 0 Å². The summed E-state index contributed by atoms with van der Waals surface area (Å²) < 4.78 is 0. The van der Waals surface area contributed by atoms with Crippen LogP contribution >= 0.6 is 0 Å². The van der Waals surface area contributed by atoms with Gasteiger partial charge in [0.05, 0.1) is 0 Å². The number of anilines is 2. The van der Waals surface area contributed by atoms with E-state index < -0.39 is 0 Å². The topological polar surface area (TPSA) is 32.3 Å². The number of nitrogens with zero attached hydrogens (tertiary/aromatic N) is 1. The maximum Gasteiger partial charge on any atom is 0.255 e. The standard InChI is InChI=1S/C22H28N2O/c1-16(2)18-7-9-19(10-8-18)22(25)23-20-11-13-21(14-12-20)24-15-5-4-6-17(24)3/h7-14,16-17H,4-6,15H2,1-3H3,(H,23,25). The summed E-state index contributed by atoms with van der Waals surface area (Å²) in [5, 5.41) is 2.99. The Labute approximate surface area is 151 Å². The molecular weight excluding hydrogens is 308 g/mol. The second-order valence-electron chi connectivity index (χ2n) is 7.32. The fraction of sp³-hybridized carbons (Fsp3) is 0.409. The Hall–Kier alpha value is -2.29. The molecule has 1 amide bonds. The molecule has 1 aliphatic heterocycles. The van der Waals surface area contributed by atoms with Crippen molar-refractivity contribution in [2.24, 2.45) is 0 Å². The Morgan fingerprint density at radius 1 is 1.04 bits per heavy atom. The number of nitrogens with one attached hydrogen (secondary N) is 1. The second-order valence-corrected chi connectivity index (χ2v) is 7.32. The number of carbonyl (C=O) groups excluding carboxylic acids is 1. The number of amides is 1. The van der Waals surface area contributed by atoms with Gasteiger partial charge in [-0.3, -0.25) is 4.79 Å². The average Bonchev–Trinajstić information content (AvgIpc) is 2.63. The SMILES string of the molecule is CC(C)c1ccc(C(=O)Nc2ccc(N3CCCCC3C)cc2)cc1. The predicted octanol–water partition coefficient (Wildman–Crippen LogP) is 5.44. The molecule has 3 nitrogen and oxygen atoms in total. The summed E-state index contributed by atoms with van der Waals surface area (Å²) in [5.74, 6) is 0.413. The van der Waals surface area contributed by atoms with Gasteiger partial charge in [0.25, 0.3) is 5.91 Å². The summed E-state index contributed by atoms with van der Waals surface area (Å²) in [6.07, 6.45) is 3.83. The Balaban J connectivity index is 1.65. The van der Waals surface area contributed by atoms with Gasteiger partial charge in [-0.25, -0.2) is 0 Å². The predicted molar refractivity (Wildman–Crippen MR) is 106 cm³/mol. The molecule has 2 aromatic rings. The number of piperidine rings is 1. The molecule has 1 unspecified atom stereocenters. The van der Waals surface area contributed by atoms with Gasteiger partial charge in [0.1, 0.15) is 0 Å². The van der Waals surface area contributed by atoms with Crippen molar-refractivity contribution in [3.8, 4) is 0 Å². The molecule has 1 heterocycles. The van der Waals surface area contributed by atoms with E-state index in [2.05, 4.69) is 43.1 Å². The van der Waals surface area contributed by atoms with Crippen LogP contribution in [0.2, 0.25) is 0 Å². The second kappa shape index (κ2) is 7.73. The first-order valence-corrected chi connectivity index (χ1v) is 9.32. The van der Waals surface area contributed by atoms with Crippen molar-refractivity contribution in [3.63, 3.8) is 0 Å². The monoisotopic (exact) mass is 336 g/mol. The summed E-state index contributed by atoms with van der Waals surface area (Å²) in [6.45, 7) is 7.71. The quantitative estimate of drug-likeness (QED) is 0.806. The molecule has 0 radical (unpaired) electrons. The molecule has 0 aromatic heterocycles. The van der Waals surface area contributed by atoms with Crippen molar-refractivity contribution in [3.05, 3.63) is 59.7 Å². The van der Waals surface area contributed by atoms with Gasteiger partial charge in [0.2, 0.25) is 0 Å². The highest BCUT2D eigenvalue weighted by molar-refractivity contribution is 6.04. The molecule has 0 aliphatic carbocycles. The van der Waals surface area contributed by atoms with Crippen LogP contribution in [-0.4, -0.2) is 18.5 Å². The highest BCUT2D eigenvalue weighted by Crippen LogP contribution is 2.26. The molecular formula is C22H28N2O. The third-order valence-electron chi connectivity index (χ3n) is 5.10. The first-order chi connectivity index (χ1) is 12.0. The third-order valence-corrected chi connectivity index (χ3v) is 5.10. The molecule has 1 aliphatic rings. The molecule has 0 saturated carbocycles. The van der Waals surface area contributed by atoms with Gasteiger partial charge in [0, 0.05) is 29.5 Å². The molecule has 1 fully saturated rings. The van der Waals surface area contributed by atoms with E-state index >= 15 is 0 Å². The Bertz CT molecular complexity index is 704. The molecule has 25 heavy (non-hydrogen) atoms. The lowest BCUT2D eigenvalue weighted by Gasteiger charge is -2.35. The van der Waals surface area contributed by atoms with E-state index in [9.17, 15) is 4.79 Å². The summed E-state index contributed by atoms with van der Waals surface area (Å²) in [4.78, 5) is 14.9. The summed E-state index contributed by atoms with van der Waals surface area (Å²) >= 11 is 0. The first-order valence-electron chi connectivity index (χ1n) is 9.32. The van der Waals surface area contributed by atoms with Crippen LogP contribution in [0.1, 0.15) is 61.9 Å². The molecule has 1 atom stereocenters. The molecule has 2 aromatic carbocycles. The fourth-order valence-electron chi connectivity index (χ4n) is 3.44. The van der Waals surface area contributed by atoms with Gasteiger partial charge >= 0.3 is 0 Å². The van der Waals surface area contributed by atoms with Crippen LogP contribution in [0.15, 0.2) is 48.5 Å². The minimum Gasteiger partial charge on any atom is -0.369 e. The number of hydrogen-bond donors (Lipinski definition) is 1. The normalized spacial score (nSPS) is 17.6. The Kier molecular flexibility index (Phi) is 5.42. The van der Waals surface area contributed by atoms with Crippen molar-refractivity contribution in [2.75, 3.05) is 16.8 Å². The molecule has 3 heteroatoms. The lowest BCUT2D eigenvalue weighted by molar-refractivity contribution is 0.102. The number of benzene rings is 2. The minimum absolute atomic E-state index is 0.0607. The largest absolute Gasteiger partial charge is 0.369 e. The van der Waals surface area contributed by atoms with E-state index in [4.69, 9.17) is 0 Å². The molecule has 0 spiro atoms. The zero-order valence-electron chi connectivity index (χ0n) is 15.5. The van der Waals surface area contributed by atoms with Gasteiger partial charge < -0.3 is 10.2 Å². The van der Waals surface area contributed by atoms with E-state index in [0.29, 0.717) is 17.5 Å².